The topological polar surface area (TPSA) is 16.4 Å². The smallest absolute Gasteiger partial charge is 0.236 e. The minimum atomic E-state index is 0.267. The van der Waals surface area contributed by atoms with Crippen LogP contribution in [0.25, 0.3) is 4.85 Å². The summed E-state index contributed by atoms with van der Waals surface area (Å²) in [7, 11) is 0. The van der Waals surface area contributed by atoms with Crippen LogP contribution in [-0.4, -0.2) is 19.1 Å². The van der Waals surface area contributed by atoms with E-state index in [0.29, 0.717) is 0 Å². The fraction of sp³-hybridized carbons (Fsp3) is 0.833. The Morgan fingerprint density at radius 2 is 2.50 bits per heavy atom. The number of rotatable bonds is 0. The maximum Gasteiger partial charge on any atom is 0.236 e. The van der Waals surface area contributed by atoms with E-state index in [4.69, 9.17) is 6.57 Å². The lowest BCUT2D eigenvalue weighted by Crippen LogP contribution is -2.31. The van der Waals surface area contributed by atoms with Gasteiger partial charge in [0, 0.05) is 6.42 Å². The highest BCUT2D eigenvalue weighted by molar-refractivity contribution is 4.83. The van der Waals surface area contributed by atoms with Gasteiger partial charge in [-0.3, -0.25) is 0 Å². The van der Waals surface area contributed by atoms with Gasteiger partial charge in [-0.25, -0.2) is 6.57 Å². The van der Waals surface area contributed by atoms with Gasteiger partial charge < -0.3 is 10.2 Å². The maximum absolute atomic E-state index is 6.68. The van der Waals surface area contributed by atoms with Crippen LogP contribution < -0.4 is 5.32 Å². The first-order chi connectivity index (χ1) is 3.93. The molecule has 0 aromatic rings. The zero-order valence-corrected chi connectivity index (χ0v) is 4.85. The molecular weight excluding hydrogens is 100 g/mol. The van der Waals surface area contributed by atoms with E-state index in [1.165, 1.54) is 6.42 Å². The molecule has 2 nitrogen and oxygen atoms in total. The van der Waals surface area contributed by atoms with E-state index in [1.54, 1.807) is 0 Å². The Kier molecular flexibility index (Phi) is 1.87. The third-order valence-corrected chi connectivity index (χ3v) is 1.45. The van der Waals surface area contributed by atoms with Crippen LogP contribution in [0.15, 0.2) is 0 Å². The van der Waals surface area contributed by atoms with Crippen molar-refractivity contribution in [2.24, 2.45) is 0 Å². The Balaban J connectivity index is 2.25. The monoisotopic (exact) mass is 110 g/mol. The first-order valence-electron chi connectivity index (χ1n) is 3.01. The van der Waals surface area contributed by atoms with E-state index in [9.17, 15) is 0 Å². The van der Waals surface area contributed by atoms with E-state index < -0.39 is 0 Å². The number of nitrogens with zero attached hydrogens (tertiary/aromatic N) is 1. The zero-order chi connectivity index (χ0) is 5.82. The van der Waals surface area contributed by atoms with Crippen molar-refractivity contribution in [2.75, 3.05) is 13.1 Å². The van der Waals surface area contributed by atoms with Crippen molar-refractivity contribution in [3.8, 4) is 0 Å². The fourth-order valence-corrected chi connectivity index (χ4v) is 0.944. The summed E-state index contributed by atoms with van der Waals surface area (Å²) >= 11 is 0. The molecule has 0 amide bonds. The first-order valence-corrected chi connectivity index (χ1v) is 3.01. The fourth-order valence-electron chi connectivity index (χ4n) is 0.944. The molecule has 0 aromatic carbocycles. The second-order valence-corrected chi connectivity index (χ2v) is 2.13. The Labute approximate surface area is 49.7 Å². The Morgan fingerprint density at radius 1 is 1.62 bits per heavy atom. The van der Waals surface area contributed by atoms with Crippen molar-refractivity contribution in [3.05, 3.63) is 11.4 Å². The normalized spacial score (nSPS) is 29.1. The van der Waals surface area contributed by atoms with E-state index >= 15 is 0 Å². The van der Waals surface area contributed by atoms with Crippen LogP contribution in [0.2, 0.25) is 0 Å². The molecule has 44 valence electrons. The van der Waals surface area contributed by atoms with Crippen molar-refractivity contribution >= 4 is 0 Å². The third kappa shape index (κ3) is 1.21. The van der Waals surface area contributed by atoms with Crippen LogP contribution >= 0.6 is 0 Å². The second-order valence-electron chi connectivity index (χ2n) is 2.13. The van der Waals surface area contributed by atoms with Gasteiger partial charge in [0.2, 0.25) is 6.04 Å². The molecule has 0 bridgehead atoms. The molecule has 1 atom stereocenters. The summed E-state index contributed by atoms with van der Waals surface area (Å²) in [6.45, 7) is 8.69. The summed E-state index contributed by atoms with van der Waals surface area (Å²) in [6.07, 6.45) is 2.27. The van der Waals surface area contributed by atoms with Crippen molar-refractivity contribution in [1.29, 1.82) is 0 Å². The molecule has 0 aromatic heterocycles. The molecule has 1 aliphatic heterocycles. The molecular formula is C6H10N2. The van der Waals surface area contributed by atoms with Crippen LogP contribution in [-0.2, 0) is 0 Å². The lowest BCUT2D eigenvalue weighted by Gasteiger charge is -2.12. The van der Waals surface area contributed by atoms with Crippen LogP contribution in [0, 0.1) is 6.57 Å². The van der Waals surface area contributed by atoms with Crippen LogP contribution in [0.3, 0.4) is 0 Å². The average Bonchev–Trinajstić information content (AvgIpc) is 1.90. The number of hydrogen-bond donors (Lipinski definition) is 1. The van der Waals surface area contributed by atoms with E-state index in [2.05, 4.69) is 10.2 Å². The van der Waals surface area contributed by atoms with Gasteiger partial charge in [-0.05, 0) is 13.0 Å². The molecule has 0 radical (unpaired) electrons. The van der Waals surface area contributed by atoms with Gasteiger partial charge >= 0.3 is 0 Å². The molecule has 1 N–H and O–H groups in total. The van der Waals surface area contributed by atoms with Crippen LogP contribution in [0.1, 0.15) is 12.8 Å². The average molecular weight is 110 g/mol. The predicted octanol–water partition coefficient (Wildman–Crippen LogP) is 0.658. The van der Waals surface area contributed by atoms with Crippen molar-refractivity contribution < 1.29 is 0 Å². The molecule has 0 saturated carbocycles. The number of nitrogens with one attached hydrogen (secondary N) is 1. The molecule has 2 heteroatoms. The summed E-state index contributed by atoms with van der Waals surface area (Å²) in [4.78, 5) is 3.44. The summed E-state index contributed by atoms with van der Waals surface area (Å²) in [5, 5.41) is 3.17. The van der Waals surface area contributed by atoms with Crippen LogP contribution in [0.5, 0.6) is 0 Å². The minimum absolute atomic E-state index is 0.267. The lowest BCUT2D eigenvalue weighted by molar-refractivity contribution is 0.497. The highest BCUT2D eigenvalue weighted by Gasteiger charge is 2.14. The molecule has 1 aliphatic rings. The van der Waals surface area contributed by atoms with E-state index in [1.807, 2.05) is 0 Å². The van der Waals surface area contributed by atoms with Gasteiger partial charge in [-0.1, -0.05) is 0 Å². The summed E-state index contributed by atoms with van der Waals surface area (Å²) in [5.41, 5.74) is 0. The summed E-state index contributed by atoms with van der Waals surface area (Å²) in [6, 6.07) is 0.267. The second kappa shape index (κ2) is 2.68. The number of piperidine rings is 1. The molecule has 1 fully saturated rings. The van der Waals surface area contributed by atoms with Crippen molar-refractivity contribution in [2.45, 2.75) is 18.9 Å². The zero-order valence-electron chi connectivity index (χ0n) is 4.85. The predicted molar refractivity (Wildman–Crippen MR) is 32.5 cm³/mol. The number of hydrogen-bond acceptors (Lipinski definition) is 1. The van der Waals surface area contributed by atoms with Crippen molar-refractivity contribution in [1.82, 2.24) is 5.32 Å². The SMILES string of the molecule is [C-]#[N+]C1CCCNC1. The highest BCUT2D eigenvalue weighted by atomic mass is 14.9. The third-order valence-electron chi connectivity index (χ3n) is 1.45. The Morgan fingerprint density at radius 3 is 2.88 bits per heavy atom. The lowest BCUT2D eigenvalue weighted by atomic mass is 10.1. The van der Waals surface area contributed by atoms with E-state index in [-0.39, 0.29) is 6.04 Å². The van der Waals surface area contributed by atoms with Gasteiger partial charge in [0.1, 0.15) is 0 Å². The highest BCUT2D eigenvalue weighted by Crippen LogP contribution is 2.03. The van der Waals surface area contributed by atoms with Gasteiger partial charge in [0.15, 0.2) is 0 Å². The first kappa shape index (κ1) is 5.58. The minimum Gasteiger partial charge on any atom is -0.312 e. The molecule has 1 unspecified atom stereocenters. The molecule has 1 rings (SSSR count). The van der Waals surface area contributed by atoms with Gasteiger partial charge in [-0.15, -0.1) is 0 Å². The molecule has 0 spiro atoms. The summed E-state index contributed by atoms with van der Waals surface area (Å²) in [5.74, 6) is 0. The molecule has 1 saturated heterocycles. The van der Waals surface area contributed by atoms with Crippen LogP contribution in [0.4, 0.5) is 0 Å². The van der Waals surface area contributed by atoms with E-state index in [0.717, 1.165) is 19.5 Å². The summed E-state index contributed by atoms with van der Waals surface area (Å²) < 4.78 is 0. The van der Waals surface area contributed by atoms with Crippen molar-refractivity contribution in [3.63, 3.8) is 0 Å². The molecule has 1 heterocycles. The quantitative estimate of drug-likeness (QED) is 0.453. The van der Waals surface area contributed by atoms with Gasteiger partial charge in [0.25, 0.3) is 0 Å². The Bertz CT molecular complexity index is 97.6. The molecule has 0 aliphatic carbocycles. The maximum atomic E-state index is 6.68. The molecule has 8 heavy (non-hydrogen) atoms. The van der Waals surface area contributed by atoms with Gasteiger partial charge in [-0.2, -0.15) is 0 Å². The Hall–Kier alpha value is -0.550. The standard InChI is InChI=1S/C6H10N2/c1-7-6-3-2-4-8-5-6/h6,8H,2-5H2. The van der Waals surface area contributed by atoms with Gasteiger partial charge in [0.05, 0.1) is 6.54 Å². The largest absolute Gasteiger partial charge is 0.312 e.